The van der Waals surface area contributed by atoms with E-state index in [0.29, 0.717) is 5.82 Å². The lowest BCUT2D eigenvalue weighted by Gasteiger charge is -2.02. The third-order valence-electron chi connectivity index (χ3n) is 2.00. The molecule has 2 rings (SSSR count). The number of benzene rings is 1. The predicted molar refractivity (Wildman–Crippen MR) is 55.9 cm³/mol. The molecule has 1 heterocycles. The summed E-state index contributed by atoms with van der Waals surface area (Å²) in [7, 11) is 0. The maximum Gasteiger partial charge on any atom is 0.254 e. The number of hydrogen-bond donors (Lipinski definition) is 1. The number of amides is 1. The number of rotatable bonds is 2. The van der Waals surface area contributed by atoms with Gasteiger partial charge in [0.2, 0.25) is 0 Å². The molecule has 0 bridgehead atoms. The number of anilines is 1. The van der Waals surface area contributed by atoms with Crippen molar-refractivity contribution < 1.29 is 9.90 Å². The Kier molecular flexibility index (Phi) is 2.60. The molecule has 1 aromatic carbocycles. The molecule has 1 N–H and O–H groups in total. The van der Waals surface area contributed by atoms with Crippen LogP contribution in [-0.2, 0) is 9.90 Å². The van der Waals surface area contributed by atoms with Crippen LogP contribution in [0.15, 0.2) is 36.4 Å². The molecule has 4 nitrogen and oxygen atoms in total. The number of para-hydroxylation sites is 1. The van der Waals surface area contributed by atoms with Gasteiger partial charge in [-0.2, -0.15) is 0 Å². The van der Waals surface area contributed by atoms with Crippen LogP contribution >= 0.6 is 0 Å². The van der Waals surface area contributed by atoms with Crippen LogP contribution in [0.3, 0.4) is 0 Å². The predicted octanol–water partition coefficient (Wildman–Crippen LogP) is 1.60. The van der Waals surface area contributed by atoms with Gasteiger partial charge in [-0.25, -0.2) is 10.1 Å². The topological polar surface area (TPSA) is 61.9 Å². The molecule has 0 saturated carbocycles. The van der Waals surface area contributed by atoms with Crippen molar-refractivity contribution >= 4 is 22.6 Å². The molecule has 1 radical (unpaired) electrons. The van der Waals surface area contributed by atoms with Crippen molar-refractivity contribution in [2.24, 2.45) is 0 Å². The molecule has 0 spiro atoms. The van der Waals surface area contributed by atoms with Gasteiger partial charge in [-0.05, 0) is 18.2 Å². The molecule has 0 aliphatic heterocycles. The zero-order valence-corrected chi connectivity index (χ0v) is 7.93. The van der Waals surface area contributed by atoms with E-state index in [-0.39, 0.29) is 0 Å². The van der Waals surface area contributed by atoms with E-state index in [4.69, 9.17) is 0 Å². The minimum atomic E-state index is -0.783. The summed E-state index contributed by atoms with van der Waals surface area (Å²) in [5, 5.41) is 13.7. The summed E-state index contributed by atoms with van der Waals surface area (Å²) < 4.78 is 0. The molecule has 1 amide bonds. The first kappa shape index (κ1) is 9.61. The molecule has 75 valence electrons. The number of pyridine rings is 1. The Balaban J connectivity index is 2.34. The van der Waals surface area contributed by atoms with Gasteiger partial charge < -0.3 is 5.32 Å². The van der Waals surface area contributed by atoms with Crippen LogP contribution in [0.5, 0.6) is 0 Å². The van der Waals surface area contributed by atoms with Gasteiger partial charge in [0, 0.05) is 5.39 Å². The molecule has 0 saturated heterocycles. The van der Waals surface area contributed by atoms with Crippen molar-refractivity contribution in [3.8, 4) is 0 Å². The summed E-state index contributed by atoms with van der Waals surface area (Å²) in [5.74, 6) is -0.160. The third kappa shape index (κ3) is 2.11. The number of carbonyl (C=O) groups excluding carboxylic acids is 1. The van der Waals surface area contributed by atoms with E-state index in [1.807, 2.05) is 30.3 Å². The lowest BCUT2D eigenvalue weighted by Crippen LogP contribution is -2.15. The van der Waals surface area contributed by atoms with Crippen molar-refractivity contribution in [3.63, 3.8) is 0 Å². The zero-order chi connectivity index (χ0) is 10.7. The Morgan fingerprint density at radius 3 is 2.80 bits per heavy atom. The van der Waals surface area contributed by atoms with E-state index in [1.165, 1.54) is 0 Å². The highest BCUT2D eigenvalue weighted by Gasteiger charge is 2.02. The van der Waals surface area contributed by atoms with Gasteiger partial charge in [0.15, 0.2) is 6.61 Å². The van der Waals surface area contributed by atoms with E-state index in [9.17, 15) is 9.90 Å². The maximum absolute atomic E-state index is 10.9. The Morgan fingerprint density at radius 2 is 2.00 bits per heavy atom. The van der Waals surface area contributed by atoms with Crippen molar-refractivity contribution in [2.75, 3.05) is 11.9 Å². The summed E-state index contributed by atoms with van der Waals surface area (Å²) >= 11 is 0. The number of nitrogens with one attached hydrogen (secondary N) is 1. The molecule has 2 aromatic rings. The van der Waals surface area contributed by atoms with E-state index >= 15 is 0 Å². The van der Waals surface area contributed by atoms with Crippen LogP contribution in [0.1, 0.15) is 0 Å². The average molecular weight is 201 g/mol. The van der Waals surface area contributed by atoms with Gasteiger partial charge in [-0.1, -0.05) is 18.2 Å². The van der Waals surface area contributed by atoms with Crippen LogP contribution < -0.4 is 5.32 Å². The average Bonchev–Trinajstić information content (AvgIpc) is 2.29. The van der Waals surface area contributed by atoms with E-state index < -0.39 is 12.5 Å². The first-order chi connectivity index (χ1) is 7.29. The first-order valence-electron chi connectivity index (χ1n) is 4.53. The van der Waals surface area contributed by atoms with E-state index in [1.54, 1.807) is 6.07 Å². The maximum atomic E-state index is 10.9. The summed E-state index contributed by atoms with van der Waals surface area (Å²) in [6.07, 6.45) is 0. The van der Waals surface area contributed by atoms with E-state index in [0.717, 1.165) is 10.9 Å². The molecule has 15 heavy (non-hydrogen) atoms. The second-order valence-electron chi connectivity index (χ2n) is 3.08. The highest BCUT2D eigenvalue weighted by atomic mass is 16.3. The quantitative estimate of drug-likeness (QED) is 0.802. The van der Waals surface area contributed by atoms with Crippen LogP contribution in [0.2, 0.25) is 0 Å². The smallest absolute Gasteiger partial charge is 0.254 e. The summed E-state index contributed by atoms with van der Waals surface area (Å²) in [6.45, 7) is -0.783. The molecular formula is C11H9N2O2. The normalized spacial score (nSPS) is 10.2. The molecule has 0 aliphatic carbocycles. The van der Waals surface area contributed by atoms with E-state index in [2.05, 4.69) is 10.3 Å². The summed E-state index contributed by atoms with van der Waals surface area (Å²) in [4.78, 5) is 15.0. The number of nitrogens with zero attached hydrogens (tertiary/aromatic N) is 1. The fraction of sp³-hybridized carbons (Fsp3) is 0.0909. The van der Waals surface area contributed by atoms with Crippen LogP contribution in [0.25, 0.3) is 10.9 Å². The Bertz CT molecular complexity index is 497. The Morgan fingerprint density at radius 1 is 1.20 bits per heavy atom. The summed E-state index contributed by atoms with van der Waals surface area (Å²) in [5.41, 5.74) is 0.793. The van der Waals surface area contributed by atoms with Gasteiger partial charge in [0.25, 0.3) is 5.91 Å². The number of aromatic nitrogens is 1. The molecule has 0 atom stereocenters. The molecule has 1 aromatic heterocycles. The minimum absolute atomic E-state index is 0.412. The highest BCUT2D eigenvalue weighted by Crippen LogP contribution is 2.14. The van der Waals surface area contributed by atoms with Crippen molar-refractivity contribution in [1.29, 1.82) is 0 Å². The van der Waals surface area contributed by atoms with Crippen LogP contribution in [0, 0.1) is 0 Å². The SMILES string of the molecule is [O]CC(=O)Nc1ccc2ccccc2n1. The van der Waals surface area contributed by atoms with Gasteiger partial charge >= 0.3 is 0 Å². The van der Waals surface area contributed by atoms with Crippen LogP contribution in [0.4, 0.5) is 5.82 Å². The lowest BCUT2D eigenvalue weighted by atomic mass is 10.2. The second-order valence-corrected chi connectivity index (χ2v) is 3.08. The fourth-order valence-corrected chi connectivity index (χ4v) is 1.31. The summed E-state index contributed by atoms with van der Waals surface area (Å²) in [6, 6.07) is 11.1. The molecule has 4 heteroatoms. The standard InChI is InChI=1S/C11H9N2O2/c14-7-11(15)13-10-6-5-8-3-1-2-4-9(8)12-10/h1-6H,7H2,(H,12,13,15). The van der Waals surface area contributed by atoms with Gasteiger partial charge in [-0.3, -0.25) is 4.79 Å². The number of carbonyl (C=O) groups is 1. The third-order valence-corrected chi connectivity index (χ3v) is 2.00. The van der Waals surface area contributed by atoms with Gasteiger partial charge in [-0.15, -0.1) is 0 Å². The largest absolute Gasteiger partial charge is 0.309 e. The highest BCUT2D eigenvalue weighted by molar-refractivity contribution is 5.92. The van der Waals surface area contributed by atoms with Gasteiger partial charge in [0.1, 0.15) is 5.82 Å². The minimum Gasteiger partial charge on any atom is -0.309 e. The Labute approximate surface area is 86.6 Å². The van der Waals surface area contributed by atoms with Gasteiger partial charge in [0.05, 0.1) is 5.52 Å². The lowest BCUT2D eigenvalue weighted by molar-refractivity contribution is -0.120. The molecule has 0 aliphatic rings. The number of fused-ring (bicyclic) bond motifs is 1. The Hall–Kier alpha value is -1.94. The molecular weight excluding hydrogens is 192 g/mol. The number of hydrogen-bond acceptors (Lipinski definition) is 2. The van der Waals surface area contributed by atoms with Crippen molar-refractivity contribution in [2.45, 2.75) is 0 Å². The van der Waals surface area contributed by atoms with Crippen molar-refractivity contribution in [3.05, 3.63) is 36.4 Å². The first-order valence-corrected chi connectivity index (χ1v) is 4.53. The zero-order valence-electron chi connectivity index (χ0n) is 7.93. The molecule has 0 unspecified atom stereocenters. The fourth-order valence-electron chi connectivity index (χ4n) is 1.31. The second kappa shape index (κ2) is 4.06. The monoisotopic (exact) mass is 201 g/mol. The molecule has 0 fully saturated rings. The van der Waals surface area contributed by atoms with Crippen LogP contribution in [-0.4, -0.2) is 17.5 Å². The van der Waals surface area contributed by atoms with Crippen molar-refractivity contribution in [1.82, 2.24) is 4.98 Å².